The Labute approximate surface area is 131 Å². The second-order valence-electron chi connectivity index (χ2n) is 5.16. The van der Waals surface area contributed by atoms with Gasteiger partial charge in [0.05, 0.1) is 11.5 Å². The summed E-state index contributed by atoms with van der Waals surface area (Å²) in [5, 5.41) is 9.65. The average Bonchev–Trinajstić information content (AvgIpc) is 2.55. The highest BCUT2D eigenvalue weighted by molar-refractivity contribution is 6.13. The van der Waals surface area contributed by atoms with Crippen molar-refractivity contribution in [3.8, 4) is 0 Å². The Morgan fingerprint density at radius 3 is 2.52 bits per heavy atom. The van der Waals surface area contributed by atoms with E-state index in [0.717, 1.165) is 0 Å². The number of halogens is 1. The fourth-order valence-electron chi connectivity index (χ4n) is 2.79. The highest BCUT2D eigenvalue weighted by Crippen LogP contribution is 2.34. The maximum absolute atomic E-state index is 13.6. The van der Waals surface area contributed by atoms with Gasteiger partial charge in [0.1, 0.15) is 5.82 Å². The number of imide groups is 1. The largest absolute Gasteiger partial charge is 0.296 e. The Morgan fingerprint density at radius 1 is 1.13 bits per heavy atom. The van der Waals surface area contributed by atoms with Crippen LogP contribution < -0.4 is 9.88 Å². The van der Waals surface area contributed by atoms with Crippen LogP contribution in [0.15, 0.2) is 60.4 Å². The van der Waals surface area contributed by atoms with Crippen molar-refractivity contribution < 1.29 is 18.5 Å². The molecule has 2 heterocycles. The minimum absolute atomic E-state index is 0.00319. The molecule has 5 nitrogen and oxygen atoms in total. The zero-order chi connectivity index (χ0) is 16.4. The van der Waals surface area contributed by atoms with Gasteiger partial charge >= 0.3 is 0 Å². The van der Waals surface area contributed by atoms with Crippen molar-refractivity contribution in [2.24, 2.45) is 0 Å². The van der Waals surface area contributed by atoms with Gasteiger partial charge in [-0.05, 0) is 23.6 Å². The van der Waals surface area contributed by atoms with E-state index in [4.69, 9.17) is 5.41 Å². The Kier molecular flexibility index (Phi) is 3.83. The lowest BCUT2D eigenvalue weighted by Crippen LogP contribution is -2.57. The molecule has 1 saturated heterocycles. The number of piperidine rings is 1. The number of carbonyl (C=O) groups excluding carboxylic acids is 2. The first-order chi connectivity index (χ1) is 11.1. The number of hydrogen-bond acceptors (Lipinski definition) is 3. The van der Waals surface area contributed by atoms with E-state index in [9.17, 15) is 14.0 Å². The third kappa shape index (κ3) is 2.67. The second-order valence-corrected chi connectivity index (χ2v) is 5.16. The van der Waals surface area contributed by atoms with E-state index in [0.29, 0.717) is 5.56 Å². The van der Waals surface area contributed by atoms with Gasteiger partial charge in [0.15, 0.2) is 12.4 Å². The number of aromatic nitrogens is 1. The first-order valence-corrected chi connectivity index (χ1v) is 6.98. The van der Waals surface area contributed by atoms with Crippen molar-refractivity contribution in [2.45, 2.75) is 12.0 Å². The van der Waals surface area contributed by atoms with Gasteiger partial charge in [0, 0.05) is 12.1 Å². The van der Waals surface area contributed by atoms with Crippen molar-refractivity contribution >= 4 is 17.7 Å². The summed E-state index contributed by atoms with van der Waals surface area (Å²) in [6.07, 6.45) is 3.38. The Morgan fingerprint density at radius 2 is 1.87 bits per heavy atom. The van der Waals surface area contributed by atoms with Crippen molar-refractivity contribution in [1.29, 1.82) is 5.41 Å². The third-order valence-corrected chi connectivity index (χ3v) is 3.78. The SMILES string of the molecule is N=C=C1C(=O)NC(=O)[C@H]([n+]2ccccc2)[C@H]1c1cccc(F)c1. The fraction of sp³-hybridized carbons (Fsp3) is 0.118. The van der Waals surface area contributed by atoms with Crippen LogP contribution in [0.3, 0.4) is 0 Å². The molecular weight excluding hydrogens is 297 g/mol. The summed E-state index contributed by atoms with van der Waals surface area (Å²) >= 11 is 0. The van der Waals surface area contributed by atoms with E-state index in [1.54, 1.807) is 41.2 Å². The van der Waals surface area contributed by atoms with Crippen LogP contribution >= 0.6 is 0 Å². The maximum atomic E-state index is 13.6. The number of carbonyl (C=O) groups is 2. The van der Waals surface area contributed by atoms with Crippen LogP contribution in [0.1, 0.15) is 17.5 Å². The van der Waals surface area contributed by atoms with Crippen LogP contribution in [0, 0.1) is 11.2 Å². The van der Waals surface area contributed by atoms with Gasteiger partial charge in [0.25, 0.3) is 11.8 Å². The van der Waals surface area contributed by atoms with Crippen LogP contribution in [0.4, 0.5) is 4.39 Å². The maximum Gasteiger partial charge on any atom is 0.296 e. The standard InChI is InChI=1S/C17H12FN3O2/c18-12-6-4-5-11(9-12)14-13(10-19)16(22)20-17(23)15(14)21-7-2-1-3-8-21/h1-9,14-15,19H/p+1/t14-,15+/m0/s1. The first kappa shape index (κ1) is 14.8. The highest BCUT2D eigenvalue weighted by Gasteiger charge is 2.47. The van der Waals surface area contributed by atoms with Crippen LogP contribution in [-0.2, 0) is 9.59 Å². The van der Waals surface area contributed by atoms with Gasteiger partial charge in [0.2, 0.25) is 6.04 Å². The van der Waals surface area contributed by atoms with Crippen molar-refractivity contribution in [1.82, 2.24) is 5.32 Å². The minimum atomic E-state index is -0.802. The Bertz CT molecular complexity index is 829. The van der Waals surface area contributed by atoms with Crippen molar-refractivity contribution in [3.05, 3.63) is 71.8 Å². The normalized spacial score (nSPS) is 20.8. The number of hydrogen-bond donors (Lipinski definition) is 2. The molecule has 1 aliphatic rings. The minimum Gasteiger partial charge on any atom is -0.286 e. The van der Waals surface area contributed by atoms with Crippen molar-refractivity contribution in [3.63, 3.8) is 0 Å². The molecule has 0 spiro atoms. The molecule has 1 aromatic heterocycles. The molecule has 2 aromatic rings. The monoisotopic (exact) mass is 310 g/mol. The summed E-state index contributed by atoms with van der Waals surface area (Å²) in [5.74, 6) is -0.317. The van der Waals surface area contributed by atoms with E-state index >= 15 is 0 Å². The number of nitrogens with zero attached hydrogens (tertiary/aromatic N) is 1. The summed E-state index contributed by atoms with van der Waals surface area (Å²) in [4.78, 5) is 24.4. The van der Waals surface area contributed by atoms with Crippen LogP contribution in [0.25, 0.3) is 0 Å². The van der Waals surface area contributed by atoms with Crippen molar-refractivity contribution in [2.75, 3.05) is 0 Å². The van der Waals surface area contributed by atoms with Gasteiger partial charge in [-0.25, -0.2) is 4.39 Å². The lowest BCUT2D eigenvalue weighted by Gasteiger charge is -2.27. The molecule has 0 radical (unpaired) electrons. The highest BCUT2D eigenvalue weighted by atomic mass is 19.1. The number of rotatable bonds is 2. The van der Waals surface area contributed by atoms with Gasteiger partial charge in [-0.2, -0.15) is 4.57 Å². The molecule has 0 aliphatic carbocycles. The molecule has 0 bridgehead atoms. The molecule has 2 atom stereocenters. The smallest absolute Gasteiger partial charge is 0.286 e. The zero-order valence-corrected chi connectivity index (χ0v) is 12.0. The number of nitrogens with one attached hydrogen (secondary N) is 2. The second kappa shape index (κ2) is 5.94. The fourth-order valence-corrected chi connectivity index (χ4v) is 2.79. The van der Waals surface area contributed by atoms with E-state index < -0.39 is 29.6 Å². The van der Waals surface area contributed by atoms with Gasteiger partial charge in [-0.1, -0.05) is 18.2 Å². The van der Waals surface area contributed by atoms with Crippen LogP contribution in [0.5, 0.6) is 0 Å². The van der Waals surface area contributed by atoms with Gasteiger partial charge in [-0.15, -0.1) is 0 Å². The molecule has 23 heavy (non-hydrogen) atoms. The van der Waals surface area contributed by atoms with E-state index in [1.807, 2.05) is 0 Å². The molecule has 1 aliphatic heterocycles. The molecule has 3 rings (SSSR count). The van der Waals surface area contributed by atoms with Gasteiger partial charge in [-0.3, -0.25) is 20.3 Å². The first-order valence-electron chi connectivity index (χ1n) is 6.98. The number of pyridine rings is 1. The molecule has 2 amide bonds. The summed E-state index contributed by atoms with van der Waals surface area (Å²) in [7, 11) is 0. The summed E-state index contributed by atoms with van der Waals surface area (Å²) in [6.45, 7) is 0. The molecule has 1 aromatic carbocycles. The van der Waals surface area contributed by atoms with Crippen LogP contribution in [0.2, 0.25) is 0 Å². The summed E-state index contributed by atoms with van der Waals surface area (Å²) in [6, 6.07) is 10.2. The van der Waals surface area contributed by atoms with E-state index in [-0.39, 0.29) is 5.57 Å². The number of benzene rings is 1. The molecule has 1 fully saturated rings. The van der Waals surface area contributed by atoms with E-state index in [2.05, 4.69) is 11.2 Å². The summed E-state index contributed by atoms with van der Waals surface area (Å²) in [5.41, 5.74) is 0.445. The lowest BCUT2D eigenvalue weighted by molar-refractivity contribution is -0.711. The topological polar surface area (TPSA) is 73.9 Å². The predicted octanol–water partition coefficient (Wildman–Crippen LogP) is 1.27. The third-order valence-electron chi connectivity index (χ3n) is 3.78. The number of amides is 2. The van der Waals surface area contributed by atoms with Crippen LogP contribution in [-0.4, -0.2) is 17.7 Å². The predicted molar refractivity (Wildman–Crippen MR) is 79.2 cm³/mol. The lowest BCUT2D eigenvalue weighted by atomic mass is 9.81. The average molecular weight is 310 g/mol. The molecule has 114 valence electrons. The van der Waals surface area contributed by atoms with E-state index in [1.165, 1.54) is 18.2 Å². The summed E-state index contributed by atoms with van der Waals surface area (Å²) < 4.78 is 15.2. The molecule has 0 saturated carbocycles. The van der Waals surface area contributed by atoms with Gasteiger partial charge < -0.3 is 0 Å². The molecule has 6 heteroatoms. The quantitative estimate of drug-likeness (QED) is 0.379. The Hall–Kier alpha value is -3.11. The zero-order valence-electron chi connectivity index (χ0n) is 12.0. The molecule has 0 unspecified atom stereocenters. The Balaban J connectivity index is 2.20. The molecular formula is C17H13FN3O2+. The molecule has 2 N–H and O–H groups in total.